The predicted molar refractivity (Wildman–Crippen MR) is 359 cm³/mol. The molecule has 0 saturated heterocycles. The smallest absolute Gasteiger partial charge is 0.300 e. The van der Waals surface area contributed by atoms with Crippen LogP contribution in [0.2, 0.25) is 15.1 Å². The van der Waals surface area contributed by atoms with Gasteiger partial charge in [0, 0.05) is 53.0 Å². The Morgan fingerprint density at radius 2 is 0.840 bits per heavy atom. The number of benzene rings is 7. The number of nitro benzene ring substituents is 1. The van der Waals surface area contributed by atoms with Gasteiger partial charge in [0.05, 0.1) is 49.3 Å². The summed E-state index contributed by atoms with van der Waals surface area (Å²) in [6, 6.07) is 61.0. The van der Waals surface area contributed by atoms with E-state index in [2.05, 4.69) is 61.7 Å². The van der Waals surface area contributed by atoms with E-state index < -0.39 is 4.92 Å². The number of non-ortho nitro benzene ring substituents is 1. The number of aliphatic hydroxyl groups excluding tert-OH is 1. The molecule has 0 radical (unpaired) electrons. The highest BCUT2D eigenvalue weighted by molar-refractivity contribution is 6.40. The van der Waals surface area contributed by atoms with Crippen molar-refractivity contribution < 1.29 is 24.2 Å². The van der Waals surface area contributed by atoms with E-state index in [1.807, 2.05) is 182 Å². The fourth-order valence-electron chi connectivity index (χ4n) is 10.6. The highest BCUT2D eigenvalue weighted by Crippen LogP contribution is 2.40. The molecular formula is C68H54Cl3N17O6. The second kappa shape index (κ2) is 28.9. The van der Waals surface area contributed by atoms with Crippen LogP contribution in [0.3, 0.4) is 0 Å². The van der Waals surface area contributed by atoms with Crippen LogP contribution in [0.5, 0.6) is 0 Å². The lowest BCUT2D eigenvalue weighted by atomic mass is 10.1. The molecule has 0 spiro atoms. The molecule has 14 aromatic rings. The van der Waals surface area contributed by atoms with Crippen molar-refractivity contribution in [2.45, 2.75) is 38.9 Å². The van der Waals surface area contributed by atoms with E-state index in [0.29, 0.717) is 109 Å². The molecule has 468 valence electrons. The maximum absolute atomic E-state index is 12.9. The first kappa shape index (κ1) is 62.9. The molecule has 0 unspecified atom stereocenters. The lowest BCUT2D eigenvalue weighted by Gasteiger charge is -2.07. The summed E-state index contributed by atoms with van der Waals surface area (Å²) in [5.74, 6) is -0.411. The number of rotatable bonds is 18. The molecular weight excluding hydrogens is 1260 g/mol. The third kappa shape index (κ3) is 13.4. The van der Waals surface area contributed by atoms with E-state index in [1.54, 1.807) is 17.8 Å². The van der Waals surface area contributed by atoms with Gasteiger partial charge < -0.3 is 15.7 Å². The molecule has 94 heavy (non-hydrogen) atoms. The summed E-state index contributed by atoms with van der Waals surface area (Å²) in [6.07, 6.45) is 1.99. The van der Waals surface area contributed by atoms with Crippen molar-refractivity contribution in [3.05, 3.63) is 225 Å². The number of nitrogens with one attached hydrogen (secondary N) is 2. The average molecular weight is 1310 g/mol. The summed E-state index contributed by atoms with van der Waals surface area (Å²) in [6.45, 7) is 0.702. The number of aromatic nitrogens is 14. The van der Waals surface area contributed by atoms with Crippen molar-refractivity contribution in [3.8, 4) is 67.5 Å². The van der Waals surface area contributed by atoms with Crippen molar-refractivity contribution >= 4 is 96.4 Å². The Balaban J connectivity index is 0.000000142. The third-order valence-electron chi connectivity index (χ3n) is 15.1. The number of unbranched alkanes of at least 4 members (excludes halogenated alkanes) is 1. The minimum Gasteiger partial charge on any atom is -0.394 e. The van der Waals surface area contributed by atoms with E-state index in [-0.39, 0.29) is 42.7 Å². The van der Waals surface area contributed by atoms with Gasteiger partial charge in [-0.2, -0.15) is 15.3 Å². The minimum absolute atomic E-state index is 0.0370. The first-order chi connectivity index (χ1) is 46.0. The summed E-state index contributed by atoms with van der Waals surface area (Å²) in [7, 11) is 1.58. The molecule has 0 fully saturated rings. The molecule has 23 nitrogen and oxygen atoms in total. The molecule has 3 N–H and O–H groups in total. The van der Waals surface area contributed by atoms with Crippen LogP contribution in [-0.2, 0) is 35.6 Å². The SMILES string of the molecule is CNC(=O)Cn1nc(-c2ccccc2)c2c(Cl)c(-c3ccccc3)nnc21.O=C(Cn1nc(-c2ccccc2)c2c(Cl)c(-c3ccccc3)nnc21)NCCCCc1ccc([N+](=O)[O-])c2nonc12.OCCn1nc(-c2ccccc2)c2c(Cl)c(-c3ccccc3)nnc21. The number of amides is 2. The Kier molecular flexibility index (Phi) is 19.4. The molecule has 0 aliphatic rings. The number of carbonyl (C=O) groups is 2. The molecule has 7 aromatic carbocycles. The summed E-state index contributed by atoms with van der Waals surface area (Å²) in [5, 5.41) is 77.0. The van der Waals surface area contributed by atoms with Gasteiger partial charge in [-0.1, -0.05) is 217 Å². The van der Waals surface area contributed by atoms with Gasteiger partial charge in [0.2, 0.25) is 17.3 Å². The quantitative estimate of drug-likeness (QED) is 0.0409. The number of nitrogens with zero attached hydrogens (tertiary/aromatic N) is 15. The zero-order valence-corrected chi connectivity index (χ0v) is 52.2. The van der Waals surface area contributed by atoms with Gasteiger partial charge in [0.1, 0.15) is 52.8 Å². The highest BCUT2D eigenvalue weighted by atomic mass is 35.5. The zero-order chi connectivity index (χ0) is 65.1. The number of nitro groups is 1. The number of aliphatic hydroxyl groups is 1. The number of aryl methyl sites for hydroxylation is 1. The number of hydrogen-bond acceptors (Lipinski definition) is 17. The summed E-state index contributed by atoms with van der Waals surface area (Å²) in [5.41, 5.74) is 11.7. The lowest BCUT2D eigenvalue weighted by molar-refractivity contribution is -0.383. The van der Waals surface area contributed by atoms with Gasteiger partial charge >= 0.3 is 5.69 Å². The molecule has 0 bridgehead atoms. The van der Waals surface area contributed by atoms with Crippen LogP contribution in [-0.4, -0.2) is 112 Å². The second-order valence-electron chi connectivity index (χ2n) is 21.1. The average Bonchev–Trinajstić information content (AvgIpc) is 1.79. The molecule has 0 aliphatic heterocycles. The zero-order valence-electron chi connectivity index (χ0n) is 50.0. The van der Waals surface area contributed by atoms with Crippen molar-refractivity contribution in [2.75, 3.05) is 20.2 Å². The first-order valence-corrected chi connectivity index (χ1v) is 30.7. The van der Waals surface area contributed by atoms with Gasteiger partial charge in [0.25, 0.3) is 0 Å². The fourth-order valence-corrected chi connectivity index (χ4v) is 11.5. The van der Waals surface area contributed by atoms with Crippen LogP contribution in [0.1, 0.15) is 18.4 Å². The van der Waals surface area contributed by atoms with Crippen molar-refractivity contribution in [2.24, 2.45) is 0 Å². The molecule has 26 heteroatoms. The third-order valence-corrected chi connectivity index (χ3v) is 16.2. The Hall–Kier alpha value is -11.2. The molecule has 2 amide bonds. The van der Waals surface area contributed by atoms with E-state index in [9.17, 15) is 24.8 Å². The maximum Gasteiger partial charge on any atom is 0.300 e. The van der Waals surface area contributed by atoms with Crippen molar-refractivity contribution in [1.29, 1.82) is 0 Å². The Bertz CT molecular complexity index is 5010. The van der Waals surface area contributed by atoms with Crippen molar-refractivity contribution in [1.82, 2.24) is 80.9 Å². The monoisotopic (exact) mass is 1310 g/mol. The molecule has 0 aliphatic carbocycles. The van der Waals surface area contributed by atoms with E-state index in [0.717, 1.165) is 50.0 Å². The standard InChI is InChI=1S/C29H23ClN8O4.C20H16ClN5O.C19H15ClN4O/c30-24-23-25(18-9-3-1-4-10-18)34-37(29(23)33-32-26(24)19-11-5-2-6-12-19)17-22(39)31-16-8-7-13-20-14-15-21(38(40)41)28-27(20)35-42-36-28;1-22-15(27)12-26-20-16(18(25-26)13-8-4-2-5-9-13)17(21)19(23-24-20)14-10-6-3-7-11-14;20-16-15-17(13-7-3-1-4-8-13)23-24(11-12-25)19(15)22-21-18(16)14-9-5-2-6-10-14/h1-6,9-12,14-15H,7-8,13,16-17H2,(H,31,39);2-11H,12H2,1H3,(H,22,27);1-10,25H,11-12H2. The highest BCUT2D eigenvalue weighted by Gasteiger charge is 2.26. The largest absolute Gasteiger partial charge is 0.394 e. The maximum atomic E-state index is 12.9. The van der Waals surface area contributed by atoms with Gasteiger partial charge in [0.15, 0.2) is 16.9 Å². The van der Waals surface area contributed by atoms with E-state index in [1.165, 1.54) is 15.4 Å². The normalized spacial score (nSPS) is 11.1. The second-order valence-corrected chi connectivity index (χ2v) is 22.3. The van der Waals surface area contributed by atoms with Gasteiger partial charge in [-0.3, -0.25) is 19.7 Å². The van der Waals surface area contributed by atoms with Crippen LogP contribution in [0, 0.1) is 10.1 Å². The number of fused-ring (bicyclic) bond motifs is 4. The Morgan fingerprint density at radius 1 is 0.479 bits per heavy atom. The Morgan fingerprint density at radius 3 is 1.22 bits per heavy atom. The number of hydrogen-bond donors (Lipinski definition) is 3. The topological polar surface area (TPSA) is 291 Å². The van der Waals surface area contributed by atoms with Gasteiger partial charge in [-0.15, -0.1) is 30.6 Å². The summed E-state index contributed by atoms with van der Waals surface area (Å²) in [4.78, 5) is 35.5. The molecule has 14 rings (SSSR count). The van der Waals surface area contributed by atoms with Gasteiger partial charge in [-0.05, 0) is 41.2 Å². The molecule has 7 aromatic heterocycles. The molecule has 0 saturated carbocycles. The van der Waals surface area contributed by atoms with E-state index >= 15 is 0 Å². The van der Waals surface area contributed by atoms with Crippen LogP contribution in [0.4, 0.5) is 5.69 Å². The van der Waals surface area contributed by atoms with Crippen molar-refractivity contribution in [3.63, 3.8) is 0 Å². The van der Waals surface area contributed by atoms with E-state index in [4.69, 9.17) is 44.5 Å². The number of likely N-dealkylation sites (N-methyl/N-ethyl adjacent to an activating group) is 1. The van der Waals surface area contributed by atoms with Crippen LogP contribution in [0.15, 0.2) is 199 Å². The number of carbonyl (C=O) groups excluding carboxylic acids is 2. The fraction of sp³-hybridized carbons (Fsp3) is 0.132. The van der Waals surface area contributed by atoms with Crippen LogP contribution in [0.25, 0.3) is 112 Å². The molecule has 0 atom stereocenters. The summed E-state index contributed by atoms with van der Waals surface area (Å²) >= 11 is 20.4. The molecule has 7 heterocycles. The van der Waals surface area contributed by atoms with Crippen LogP contribution >= 0.6 is 34.8 Å². The minimum atomic E-state index is -0.515. The first-order valence-electron chi connectivity index (χ1n) is 29.6. The summed E-state index contributed by atoms with van der Waals surface area (Å²) < 4.78 is 9.42. The number of halogens is 3. The van der Waals surface area contributed by atoms with Gasteiger partial charge in [-0.25, -0.2) is 18.7 Å². The predicted octanol–water partition coefficient (Wildman–Crippen LogP) is 12.8. The van der Waals surface area contributed by atoms with Crippen LogP contribution < -0.4 is 10.6 Å². The lowest BCUT2D eigenvalue weighted by Crippen LogP contribution is -2.29. The Labute approximate surface area is 550 Å².